The van der Waals surface area contributed by atoms with E-state index in [0.29, 0.717) is 18.3 Å². The number of aliphatic hydroxyl groups is 7. The number of carbonyl (C=O) groups is 1. The molecule has 0 aromatic carbocycles. The predicted octanol–water partition coefficient (Wildman–Crippen LogP) is 1.27. The minimum Gasteiger partial charge on any atom is -0.394 e. The first-order chi connectivity index (χ1) is 22.5. The Bertz CT molecular complexity index is 924. The zero-order chi connectivity index (χ0) is 33.9. The van der Waals surface area contributed by atoms with Crippen molar-refractivity contribution >= 4 is 5.78 Å². The van der Waals surface area contributed by atoms with Gasteiger partial charge >= 0.3 is 0 Å². The molecule has 12 heteroatoms. The predicted molar refractivity (Wildman–Crippen MR) is 169 cm³/mol. The van der Waals surface area contributed by atoms with Gasteiger partial charge in [-0.25, -0.2) is 0 Å². The average Bonchev–Trinajstić information content (AvgIpc) is 3.05. The van der Waals surface area contributed by atoms with E-state index >= 15 is 0 Å². The smallest absolute Gasteiger partial charge is 0.186 e. The lowest BCUT2D eigenvalue weighted by molar-refractivity contribution is -0.308. The van der Waals surface area contributed by atoms with Crippen molar-refractivity contribution in [3.8, 4) is 0 Å². The molecule has 11 atom stereocenters. The van der Waals surface area contributed by atoms with E-state index in [1.54, 1.807) is 6.92 Å². The maximum Gasteiger partial charge on any atom is 0.186 e. The Morgan fingerprint density at radius 1 is 0.745 bits per heavy atom. The molecule has 272 valence electrons. The number of ketones is 1. The second kappa shape index (κ2) is 16.5. The van der Waals surface area contributed by atoms with Crippen LogP contribution < -0.4 is 0 Å². The third-order valence-corrected chi connectivity index (χ3v) is 12.4. The molecule has 2 heterocycles. The van der Waals surface area contributed by atoms with Crippen molar-refractivity contribution in [2.24, 2.45) is 40.9 Å². The van der Waals surface area contributed by atoms with Crippen molar-refractivity contribution in [1.29, 1.82) is 0 Å². The van der Waals surface area contributed by atoms with Gasteiger partial charge in [0.2, 0.25) is 0 Å². The van der Waals surface area contributed by atoms with Crippen molar-refractivity contribution in [3.63, 3.8) is 0 Å². The number of carbonyl (C=O) groups excluding carboxylic acids is 1. The Labute approximate surface area is 278 Å². The Hall–Kier alpha value is -0.770. The highest BCUT2D eigenvalue weighted by atomic mass is 16.7. The van der Waals surface area contributed by atoms with E-state index in [0.717, 1.165) is 31.1 Å². The van der Waals surface area contributed by atoms with Crippen molar-refractivity contribution in [3.05, 3.63) is 0 Å². The molecule has 6 fully saturated rings. The van der Waals surface area contributed by atoms with Gasteiger partial charge in [0.05, 0.1) is 38.6 Å². The fourth-order valence-electron chi connectivity index (χ4n) is 9.80. The van der Waals surface area contributed by atoms with Gasteiger partial charge < -0.3 is 54.7 Å². The number of Topliss-reactive ketones (excluding diaryl/α,β-unsaturated/α-hetero) is 1. The molecule has 6 aliphatic rings. The van der Waals surface area contributed by atoms with Crippen molar-refractivity contribution < 1.29 is 59.5 Å². The molecule has 0 radical (unpaired) electrons. The number of hydrogen-bond donors (Lipinski definition) is 7. The van der Waals surface area contributed by atoms with Crippen LogP contribution in [0.4, 0.5) is 0 Å². The van der Waals surface area contributed by atoms with Gasteiger partial charge in [-0.15, -0.1) is 0 Å². The molecule has 4 aliphatic carbocycles. The highest BCUT2D eigenvalue weighted by Gasteiger charge is 2.57. The van der Waals surface area contributed by atoms with E-state index in [1.165, 1.54) is 44.9 Å². The van der Waals surface area contributed by atoms with Gasteiger partial charge in [-0.1, -0.05) is 39.5 Å². The summed E-state index contributed by atoms with van der Waals surface area (Å²) in [7, 11) is 0. The second-order valence-corrected chi connectivity index (χ2v) is 15.6. The molecule has 5 unspecified atom stereocenters. The molecule has 0 amide bonds. The van der Waals surface area contributed by atoms with Gasteiger partial charge in [0.1, 0.15) is 36.3 Å². The summed E-state index contributed by atoms with van der Waals surface area (Å²) >= 11 is 0. The van der Waals surface area contributed by atoms with Crippen LogP contribution in [0.15, 0.2) is 0 Å². The summed E-state index contributed by atoms with van der Waals surface area (Å²) in [4.78, 5) is 14.1. The number of aliphatic hydroxyl groups excluding tert-OH is 7. The third kappa shape index (κ3) is 8.25. The summed E-state index contributed by atoms with van der Waals surface area (Å²) in [5, 5.41) is 71.5. The Morgan fingerprint density at radius 3 is 1.85 bits per heavy atom. The van der Waals surface area contributed by atoms with Crippen LogP contribution in [0.1, 0.15) is 90.9 Å². The lowest BCUT2D eigenvalue weighted by atomic mass is 9.43. The fraction of sp³-hybridized carbons (Fsp3) is 0.971. The number of hydrogen-bond acceptors (Lipinski definition) is 12. The van der Waals surface area contributed by atoms with Crippen LogP contribution in [0.2, 0.25) is 0 Å². The quantitative estimate of drug-likeness (QED) is 0.110. The highest BCUT2D eigenvalue weighted by Crippen LogP contribution is 2.65. The van der Waals surface area contributed by atoms with Gasteiger partial charge in [-0.05, 0) is 67.6 Å². The molecule has 0 spiro atoms. The first-order valence-electron chi connectivity index (χ1n) is 18.2. The van der Waals surface area contributed by atoms with Gasteiger partial charge in [-0.2, -0.15) is 0 Å². The van der Waals surface area contributed by atoms with Gasteiger partial charge in [0, 0.05) is 24.7 Å². The van der Waals surface area contributed by atoms with Gasteiger partial charge in [0.15, 0.2) is 12.6 Å². The number of ether oxygens (including phenoxy) is 4. The lowest BCUT2D eigenvalue weighted by Gasteiger charge is -2.62. The summed E-state index contributed by atoms with van der Waals surface area (Å²) in [5.74, 6) is 1.72. The molecule has 4 saturated carbocycles. The topological polar surface area (TPSA) is 196 Å². The summed E-state index contributed by atoms with van der Waals surface area (Å²) in [6, 6.07) is 0. The summed E-state index contributed by atoms with van der Waals surface area (Å²) < 4.78 is 23.1. The Morgan fingerprint density at radius 2 is 1.30 bits per heavy atom. The highest BCUT2D eigenvalue weighted by molar-refractivity contribution is 5.79. The van der Waals surface area contributed by atoms with Crippen LogP contribution in [-0.4, -0.2) is 123 Å². The van der Waals surface area contributed by atoms with Gasteiger partial charge in [0.25, 0.3) is 0 Å². The van der Waals surface area contributed by atoms with E-state index < -0.39 is 73.8 Å². The van der Waals surface area contributed by atoms with E-state index in [2.05, 4.69) is 6.92 Å². The maximum absolute atomic E-state index is 14.1. The third-order valence-electron chi connectivity index (χ3n) is 12.4. The number of rotatable bonds is 17. The van der Waals surface area contributed by atoms with Crippen LogP contribution >= 0.6 is 0 Å². The largest absolute Gasteiger partial charge is 0.394 e. The molecule has 47 heavy (non-hydrogen) atoms. The van der Waals surface area contributed by atoms with Gasteiger partial charge in [-0.3, -0.25) is 4.79 Å². The summed E-state index contributed by atoms with van der Waals surface area (Å²) in [6.45, 7) is 2.70. The van der Waals surface area contributed by atoms with Crippen molar-refractivity contribution in [2.45, 2.75) is 146 Å². The minimum absolute atomic E-state index is 0.000942. The van der Waals surface area contributed by atoms with Crippen LogP contribution in [-0.2, 0) is 23.7 Å². The Balaban J connectivity index is 1.28. The first-order valence-corrected chi connectivity index (χ1v) is 18.2. The standard InChI is InChI=1S/C35H60O12/c1-3-4-5-6-7-35(23-9-20-8-21(11-23)12-24(35)10-20)14-25(38)13-22(17-44-33-31(42)28(39)19(2)26(15-36)46-33)18-45-34-32(43)30(41)29(40)27(16-37)47-34/h19-24,26-34,36-37,39-43H,3-18H2,1-2H3/t19-,20?,21?,22?,23?,24?,26?,27?,28?,29-,30?,31+,32+,33-,34-,35?/m0/s1. The molecule has 7 N–H and O–H groups in total. The molecular weight excluding hydrogens is 612 g/mol. The minimum atomic E-state index is -1.60. The fourth-order valence-corrected chi connectivity index (χ4v) is 9.80. The van der Waals surface area contributed by atoms with E-state index in [-0.39, 0.29) is 37.4 Å². The molecule has 2 aliphatic heterocycles. The Kier molecular flexibility index (Phi) is 13.2. The normalized spacial score (nSPS) is 45.3. The molecule has 4 bridgehead atoms. The average molecular weight is 673 g/mol. The second-order valence-electron chi connectivity index (χ2n) is 15.6. The molecular formula is C35H60O12. The van der Waals surface area contributed by atoms with Crippen LogP contribution in [0.25, 0.3) is 0 Å². The molecule has 12 nitrogen and oxygen atoms in total. The van der Waals surface area contributed by atoms with Crippen LogP contribution in [0.5, 0.6) is 0 Å². The zero-order valence-corrected chi connectivity index (χ0v) is 28.1. The monoisotopic (exact) mass is 672 g/mol. The van der Waals surface area contributed by atoms with E-state index in [1.807, 2.05) is 0 Å². The lowest BCUT2D eigenvalue weighted by Crippen LogP contribution is -2.59. The molecule has 2 saturated heterocycles. The van der Waals surface area contributed by atoms with Crippen molar-refractivity contribution in [2.75, 3.05) is 26.4 Å². The van der Waals surface area contributed by atoms with Crippen LogP contribution in [0, 0.1) is 40.9 Å². The van der Waals surface area contributed by atoms with E-state index in [4.69, 9.17) is 18.9 Å². The van der Waals surface area contributed by atoms with Crippen molar-refractivity contribution in [1.82, 2.24) is 0 Å². The number of unbranched alkanes of at least 4 members (excludes halogenated alkanes) is 3. The summed E-state index contributed by atoms with van der Waals surface area (Å²) in [6.07, 6.45) is 0.761. The molecule has 0 aromatic heterocycles. The van der Waals surface area contributed by atoms with E-state index in [9.17, 15) is 40.5 Å². The summed E-state index contributed by atoms with van der Waals surface area (Å²) in [5.41, 5.74) is -0.000942. The van der Waals surface area contributed by atoms with Crippen LogP contribution in [0.3, 0.4) is 0 Å². The maximum atomic E-state index is 14.1. The molecule has 0 aromatic rings. The zero-order valence-electron chi connectivity index (χ0n) is 28.1. The molecule has 6 rings (SSSR count). The SMILES string of the molecule is CCCCCCC1(CC(=O)CC(CO[C@H]2OC(CO)[C@H](C)C(O)[C@H]2O)CO[C@H]2OC(CO)[C@H](O)C(O)[C@H]2O)C2CC3CC(C2)CC1C3. The first kappa shape index (κ1) is 37.5.